The zero-order valence-electron chi connectivity index (χ0n) is 10.0. The third-order valence-electron chi connectivity index (χ3n) is 2.21. The first-order chi connectivity index (χ1) is 8.78. The minimum atomic E-state index is 0.769. The van der Waals surface area contributed by atoms with Crippen LogP contribution in [0.3, 0.4) is 0 Å². The maximum absolute atomic E-state index is 5.85. The second kappa shape index (κ2) is 6.97. The lowest BCUT2D eigenvalue weighted by Crippen LogP contribution is -1.98. The van der Waals surface area contributed by atoms with Crippen LogP contribution in [0.1, 0.15) is 18.9 Å². The molecule has 3 nitrogen and oxygen atoms in total. The number of aromatic nitrogens is 2. The van der Waals surface area contributed by atoms with E-state index in [4.69, 9.17) is 11.6 Å². The number of hydrogen-bond donors (Lipinski definition) is 1. The largest absolute Gasteiger partial charge is 0.360 e. The van der Waals surface area contributed by atoms with Crippen molar-refractivity contribution in [1.82, 2.24) is 10.2 Å². The van der Waals surface area contributed by atoms with Crippen LogP contribution in [-0.2, 0) is 5.75 Å². The lowest BCUT2D eigenvalue weighted by molar-refractivity contribution is 0.951. The molecule has 0 spiro atoms. The molecule has 0 saturated carbocycles. The number of anilines is 1. The Hall–Kier alpha value is -0.780. The minimum absolute atomic E-state index is 0.769. The first-order valence-electron chi connectivity index (χ1n) is 5.72. The summed E-state index contributed by atoms with van der Waals surface area (Å²) in [6.45, 7) is 3.07. The van der Waals surface area contributed by atoms with Crippen molar-refractivity contribution < 1.29 is 0 Å². The summed E-state index contributed by atoms with van der Waals surface area (Å²) in [5.41, 5.74) is 1.24. The zero-order chi connectivity index (χ0) is 12.8. The van der Waals surface area contributed by atoms with Crippen LogP contribution in [0.25, 0.3) is 0 Å². The standard InChI is InChI=1S/C12H14ClN3S2/c1-2-7-14-11-15-16-12(18-11)17-8-9-3-5-10(13)6-4-9/h3-6H,2,7-8H2,1H3,(H,14,15). The average Bonchev–Trinajstić information content (AvgIpc) is 2.84. The fourth-order valence-electron chi connectivity index (χ4n) is 1.30. The number of rotatable bonds is 6. The Morgan fingerprint density at radius 1 is 1.28 bits per heavy atom. The predicted octanol–water partition coefficient (Wildman–Crippen LogP) is 4.31. The topological polar surface area (TPSA) is 37.8 Å². The monoisotopic (exact) mass is 299 g/mol. The van der Waals surface area contributed by atoms with Crippen molar-refractivity contribution >= 4 is 39.8 Å². The van der Waals surface area contributed by atoms with Gasteiger partial charge in [-0.1, -0.05) is 53.8 Å². The highest BCUT2D eigenvalue weighted by Crippen LogP contribution is 2.28. The van der Waals surface area contributed by atoms with E-state index < -0.39 is 0 Å². The van der Waals surface area contributed by atoms with Gasteiger partial charge >= 0.3 is 0 Å². The smallest absolute Gasteiger partial charge is 0.206 e. The second-order valence-corrected chi connectivity index (χ2v) is 6.35. The molecule has 0 aliphatic rings. The van der Waals surface area contributed by atoms with Gasteiger partial charge in [0.1, 0.15) is 0 Å². The lowest BCUT2D eigenvalue weighted by Gasteiger charge is -1.98. The summed E-state index contributed by atoms with van der Waals surface area (Å²) in [6, 6.07) is 7.89. The molecule has 96 valence electrons. The fraction of sp³-hybridized carbons (Fsp3) is 0.333. The number of benzene rings is 1. The summed E-state index contributed by atoms with van der Waals surface area (Å²) in [5, 5.41) is 13.1. The summed E-state index contributed by atoms with van der Waals surface area (Å²) in [5.74, 6) is 0.888. The first kappa shape index (κ1) is 13.6. The van der Waals surface area contributed by atoms with Gasteiger partial charge in [0, 0.05) is 17.3 Å². The Labute approximate surface area is 120 Å². The third kappa shape index (κ3) is 4.15. The van der Waals surface area contributed by atoms with Crippen molar-refractivity contribution in [1.29, 1.82) is 0 Å². The molecular formula is C12H14ClN3S2. The van der Waals surface area contributed by atoms with E-state index in [1.54, 1.807) is 23.1 Å². The number of halogens is 1. The van der Waals surface area contributed by atoms with Gasteiger partial charge in [0.25, 0.3) is 0 Å². The molecule has 0 bridgehead atoms. The molecule has 6 heteroatoms. The Morgan fingerprint density at radius 3 is 2.78 bits per heavy atom. The molecule has 0 aliphatic heterocycles. The van der Waals surface area contributed by atoms with E-state index in [9.17, 15) is 0 Å². The lowest BCUT2D eigenvalue weighted by atomic mass is 10.2. The van der Waals surface area contributed by atoms with Gasteiger partial charge in [-0.2, -0.15) is 0 Å². The van der Waals surface area contributed by atoms with E-state index in [-0.39, 0.29) is 0 Å². The van der Waals surface area contributed by atoms with Crippen molar-refractivity contribution in [2.75, 3.05) is 11.9 Å². The molecule has 2 rings (SSSR count). The normalized spacial score (nSPS) is 10.6. The number of nitrogens with zero attached hydrogens (tertiary/aromatic N) is 2. The molecule has 0 amide bonds. The maximum atomic E-state index is 5.85. The van der Waals surface area contributed by atoms with Crippen LogP contribution < -0.4 is 5.32 Å². The van der Waals surface area contributed by atoms with E-state index in [0.29, 0.717) is 0 Å². The number of hydrogen-bond acceptors (Lipinski definition) is 5. The molecular weight excluding hydrogens is 286 g/mol. The SMILES string of the molecule is CCCNc1nnc(SCc2ccc(Cl)cc2)s1. The molecule has 1 heterocycles. The van der Waals surface area contributed by atoms with Crippen molar-refractivity contribution in [3.63, 3.8) is 0 Å². The van der Waals surface area contributed by atoms with Gasteiger partial charge in [-0.25, -0.2) is 0 Å². The summed E-state index contributed by atoms with van der Waals surface area (Å²) in [4.78, 5) is 0. The van der Waals surface area contributed by atoms with Crippen LogP contribution in [0.4, 0.5) is 5.13 Å². The van der Waals surface area contributed by atoms with E-state index in [1.165, 1.54) is 5.56 Å². The van der Waals surface area contributed by atoms with E-state index in [1.807, 2.05) is 24.3 Å². The van der Waals surface area contributed by atoms with Crippen LogP contribution in [-0.4, -0.2) is 16.7 Å². The van der Waals surface area contributed by atoms with Crippen LogP contribution >= 0.6 is 34.7 Å². The average molecular weight is 300 g/mol. The minimum Gasteiger partial charge on any atom is -0.360 e. The van der Waals surface area contributed by atoms with E-state index in [0.717, 1.165) is 33.2 Å². The van der Waals surface area contributed by atoms with E-state index in [2.05, 4.69) is 22.4 Å². The van der Waals surface area contributed by atoms with E-state index >= 15 is 0 Å². The van der Waals surface area contributed by atoms with Crippen LogP contribution in [0.15, 0.2) is 28.6 Å². The van der Waals surface area contributed by atoms with Gasteiger partial charge in [-0.3, -0.25) is 0 Å². The van der Waals surface area contributed by atoms with Crippen molar-refractivity contribution in [3.8, 4) is 0 Å². The van der Waals surface area contributed by atoms with Crippen molar-refractivity contribution in [2.24, 2.45) is 0 Å². The molecule has 0 saturated heterocycles. The molecule has 1 aromatic carbocycles. The Morgan fingerprint density at radius 2 is 2.06 bits per heavy atom. The van der Waals surface area contributed by atoms with Crippen LogP contribution in [0.2, 0.25) is 5.02 Å². The fourth-order valence-corrected chi connectivity index (χ4v) is 3.16. The molecule has 2 aromatic rings. The van der Waals surface area contributed by atoms with Gasteiger partial charge in [0.15, 0.2) is 4.34 Å². The first-order valence-corrected chi connectivity index (χ1v) is 7.90. The van der Waals surface area contributed by atoms with Gasteiger partial charge in [0.05, 0.1) is 0 Å². The van der Waals surface area contributed by atoms with Crippen molar-refractivity contribution in [3.05, 3.63) is 34.9 Å². The predicted molar refractivity (Wildman–Crippen MR) is 79.7 cm³/mol. The molecule has 0 unspecified atom stereocenters. The summed E-state index contributed by atoms with van der Waals surface area (Å²) >= 11 is 9.14. The Kier molecular flexibility index (Phi) is 5.28. The van der Waals surface area contributed by atoms with Gasteiger partial charge in [-0.15, -0.1) is 10.2 Å². The highest BCUT2D eigenvalue weighted by Gasteiger charge is 2.04. The second-order valence-electron chi connectivity index (χ2n) is 3.72. The van der Waals surface area contributed by atoms with Crippen LogP contribution in [0.5, 0.6) is 0 Å². The summed E-state index contributed by atoms with van der Waals surface area (Å²) in [6.07, 6.45) is 1.09. The van der Waals surface area contributed by atoms with Crippen LogP contribution in [0, 0.1) is 0 Å². The number of thioether (sulfide) groups is 1. The molecule has 0 atom stereocenters. The maximum Gasteiger partial charge on any atom is 0.206 e. The molecule has 1 aromatic heterocycles. The van der Waals surface area contributed by atoms with Crippen molar-refractivity contribution in [2.45, 2.75) is 23.4 Å². The Bertz CT molecular complexity index is 484. The third-order valence-corrected chi connectivity index (χ3v) is 4.55. The molecule has 18 heavy (non-hydrogen) atoms. The summed E-state index contributed by atoms with van der Waals surface area (Å²) in [7, 11) is 0. The zero-order valence-corrected chi connectivity index (χ0v) is 12.4. The number of nitrogens with one attached hydrogen (secondary N) is 1. The quantitative estimate of drug-likeness (QED) is 0.807. The molecule has 0 radical (unpaired) electrons. The highest BCUT2D eigenvalue weighted by molar-refractivity contribution is 8.00. The Balaban J connectivity index is 1.86. The van der Waals surface area contributed by atoms with Gasteiger partial charge in [-0.05, 0) is 24.1 Å². The summed E-state index contributed by atoms with van der Waals surface area (Å²) < 4.78 is 0.989. The van der Waals surface area contributed by atoms with Gasteiger partial charge in [0.2, 0.25) is 5.13 Å². The highest BCUT2D eigenvalue weighted by atomic mass is 35.5. The molecule has 0 fully saturated rings. The molecule has 0 aliphatic carbocycles. The molecule has 1 N–H and O–H groups in total. The van der Waals surface area contributed by atoms with Gasteiger partial charge < -0.3 is 5.32 Å².